The lowest BCUT2D eigenvalue weighted by Crippen LogP contribution is -2.12. The van der Waals surface area contributed by atoms with Crippen LogP contribution >= 0.6 is 0 Å². The summed E-state index contributed by atoms with van der Waals surface area (Å²) in [6.07, 6.45) is -2.04. The third kappa shape index (κ3) is 4.06. The van der Waals surface area contributed by atoms with Gasteiger partial charge in [-0.25, -0.2) is 0 Å². The third-order valence-corrected chi connectivity index (χ3v) is 4.78. The van der Waals surface area contributed by atoms with Crippen LogP contribution in [0.2, 0.25) is 0 Å². The SMILES string of the molecule is O=C(Nc1ccc2c(c1)CCC2=O)c1ccc(Cn2ccc(C(F)(F)F)n2)cc1. The van der Waals surface area contributed by atoms with Crippen LogP contribution in [0.4, 0.5) is 18.9 Å². The average molecular weight is 399 g/mol. The number of nitrogens with zero attached hydrogens (tertiary/aromatic N) is 2. The Bertz CT molecular complexity index is 1090. The Balaban J connectivity index is 1.42. The Morgan fingerprint density at radius 3 is 2.52 bits per heavy atom. The molecule has 0 aliphatic heterocycles. The molecular formula is C21H16F3N3O2. The van der Waals surface area contributed by atoms with Crippen LogP contribution in [-0.2, 0) is 19.1 Å². The van der Waals surface area contributed by atoms with E-state index in [1.165, 1.54) is 10.9 Å². The van der Waals surface area contributed by atoms with Crippen LogP contribution in [0.5, 0.6) is 0 Å². The van der Waals surface area contributed by atoms with E-state index in [-0.39, 0.29) is 18.2 Å². The van der Waals surface area contributed by atoms with Crippen molar-refractivity contribution in [1.82, 2.24) is 9.78 Å². The van der Waals surface area contributed by atoms with Gasteiger partial charge in [-0.2, -0.15) is 18.3 Å². The lowest BCUT2D eigenvalue weighted by Gasteiger charge is -2.08. The fraction of sp³-hybridized carbons (Fsp3) is 0.190. The molecule has 0 radical (unpaired) electrons. The Hall–Kier alpha value is -3.42. The van der Waals surface area contributed by atoms with Gasteiger partial charge >= 0.3 is 6.18 Å². The molecular weight excluding hydrogens is 383 g/mol. The van der Waals surface area contributed by atoms with E-state index in [9.17, 15) is 22.8 Å². The van der Waals surface area contributed by atoms with Crippen LogP contribution in [0.15, 0.2) is 54.7 Å². The predicted octanol–water partition coefficient (Wildman–Crippen LogP) is 4.33. The Labute approximate surface area is 164 Å². The van der Waals surface area contributed by atoms with E-state index < -0.39 is 11.9 Å². The normalized spacial score (nSPS) is 13.4. The second-order valence-corrected chi connectivity index (χ2v) is 6.84. The van der Waals surface area contributed by atoms with Gasteiger partial charge < -0.3 is 5.32 Å². The van der Waals surface area contributed by atoms with E-state index >= 15 is 0 Å². The summed E-state index contributed by atoms with van der Waals surface area (Å²) in [4.78, 5) is 24.1. The molecule has 1 aliphatic carbocycles. The highest BCUT2D eigenvalue weighted by Gasteiger charge is 2.33. The minimum atomic E-state index is -4.47. The Morgan fingerprint density at radius 2 is 1.83 bits per heavy atom. The first-order valence-electron chi connectivity index (χ1n) is 8.97. The minimum Gasteiger partial charge on any atom is -0.322 e. The first kappa shape index (κ1) is 18.9. The molecule has 0 unspecified atom stereocenters. The van der Waals surface area contributed by atoms with E-state index in [0.29, 0.717) is 29.7 Å². The lowest BCUT2D eigenvalue weighted by atomic mass is 10.1. The van der Waals surface area contributed by atoms with Crippen molar-refractivity contribution in [2.75, 3.05) is 5.32 Å². The first-order valence-corrected chi connectivity index (χ1v) is 8.97. The maximum absolute atomic E-state index is 12.6. The molecule has 29 heavy (non-hydrogen) atoms. The van der Waals surface area contributed by atoms with Gasteiger partial charge in [-0.15, -0.1) is 0 Å². The Morgan fingerprint density at radius 1 is 1.07 bits per heavy atom. The quantitative estimate of drug-likeness (QED) is 0.710. The molecule has 3 aromatic rings. The van der Waals surface area contributed by atoms with E-state index in [1.807, 2.05) is 6.07 Å². The number of aromatic nitrogens is 2. The second kappa shape index (κ2) is 7.20. The number of nitrogens with one attached hydrogen (secondary N) is 1. The summed E-state index contributed by atoms with van der Waals surface area (Å²) in [6.45, 7) is 0.164. The van der Waals surface area contributed by atoms with Crippen molar-refractivity contribution >= 4 is 17.4 Å². The summed E-state index contributed by atoms with van der Waals surface area (Å²) < 4.78 is 39.0. The van der Waals surface area contributed by atoms with Crippen molar-refractivity contribution in [2.24, 2.45) is 0 Å². The van der Waals surface area contributed by atoms with Crippen molar-refractivity contribution < 1.29 is 22.8 Å². The van der Waals surface area contributed by atoms with Crippen LogP contribution in [0.25, 0.3) is 0 Å². The summed E-state index contributed by atoms with van der Waals surface area (Å²) in [5.41, 5.74) is 2.45. The van der Waals surface area contributed by atoms with Gasteiger partial charge in [-0.3, -0.25) is 14.3 Å². The molecule has 0 spiro atoms. The molecule has 0 fully saturated rings. The molecule has 148 valence electrons. The number of carbonyl (C=O) groups excluding carboxylic acids is 2. The average Bonchev–Trinajstić information content (AvgIpc) is 3.29. The molecule has 0 atom stereocenters. The van der Waals surface area contributed by atoms with Crippen molar-refractivity contribution in [1.29, 1.82) is 0 Å². The van der Waals surface area contributed by atoms with Gasteiger partial charge in [0.1, 0.15) is 0 Å². The highest BCUT2D eigenvalue weighted by Crippen LogP contribution is 2.27. The van der Waals surface area contributed by atoms with Crippen molar-refractivity contribution in [2.45, 2.75) is 25.6 Å². The third-order valence-electron chi connectivity index (χ3n) is 4.78. The highest BCUT2D eigenvalue weighted by molar-refractivity contribution is 6.05. The van der Waals surface area contributed by atoms with Gasteiger partial charge in [-0.05, 0) is 53.9 Å². The standard InChI is InChI=1S/C21H16F3N3O2/c22-21(23,24)19-9-10-27(26-19)12-13-1-3-14(4-2-13)20(29)25-16-6-7-17-15(11-16)5-8-18(17)28/h1-4,6-7,9-11H,5,8,12H2,(H,25,29). The molecule has 5 nitrogen and oxygen atoms in total. The largest absolute Gasteiger partial charge is 0.435 e. The van der Waals surface area contributed by atoms with Gasteiger partial charge in [-0.1, -0.05) is 12.1 Å². The van der Waals surface area contributed by atoms with Crippen molar-refractivity contribution in [3.8, 4) is 0 Å². The number of fused-ring (bicyclic) bond motifs is 1. The van der Waals surface area contributed by atoms with Gasteiger partial charge in [0, 0.05) is 29.4 Å². The number of benzene rings is 2. The zero-order valence-electron chi connectivity index (χ0n) is 15.2. The number of Topliss-reactive ketones (excluding diaryl/α,β-unsaturated/α-hetero) is 1. The predicted molar refractivity (Wildman–Crippen MR) is 99.8 cm³/mol. The fourth-order valence-electron chi connectivity index (χ4n) is 3.29. The molecule has 1 N–H and O–H groups in total. The van der Waals surface area contributed by atoms with Crippen LogP contribution in [0.3, 0.4) is 0 Å². The molecule has 1 aromatic heterocycles. The van der Waals surface area contributed by atoms with Gasteiger partial charge in [0.05, 0.1) is 6.54 Å². The molecule has 1 aliphatic rings. The summed E-state index contributed by atoms with van der Waals surface area (Å²) in [7, 11) is 0. The van der Waals surface area contributed by atoms with Crippen LogP contribution in [0.1, 0.15) is 44.0 Å². The number of rotatable bonds is 4. The number of hydrogen-bond acceptors (Lipinski definition) is 3. The number of alkyl halides is 3. The number of halogens is 3. The zero-order valence-corrected chi connectivity index (χ0v) is 15.2. The molecule has 4 rings (SSSR count). The van der Waals surface area contributed by atoms with E-state index in [0.717, 1.165) is 17.2 Å². The minimum absolute atomic E-state index is 0.119. The summed E-state index contributed by atoms with van der Waals surface area (Å²) >= 11 is 0. The smallest absolute Gasteiger partial charge is 0.322 e. The molecule has 0 saturated carbocycles. The van der Waals surface area contributed by atoms with Crippen molar-refractivity contribution in [3.05, 3.63) is 82.7 Å². The van der Waals surface area contributed by atoms with Gasteiger partial charge in [0.25, 0.3) is 5.91 Å². The number of anilines is 1. The monoisotopic (exact) mass is 399 g/mol. The molecule has 0 bridgehead atoms. The van der Waals surface area contributed by atoms with Crippen LogP contribution in [-0.4, -0.2) is 21.5 Å². The maximum atomic E-state index is 12.6. The summed E-state index contributed by atoms with van der Waals surface area (Å²) in [6, 6.07) is 12.7. The van der Waals surface area contributed by atoms with Crippen LogP contribution in [0, 0.1) is 0 Å². The zero-order chi connectivity index (χ0) is 20.6. The maximum Gasteiger partial charge on any atom is 0.435 e. The van der Waals surface area contributed by atoms with Crippen molar-refractivity contribution in [3.63, 3.8) is 0 Å². The molecule has 1 amide bonds. The summed E-state index contributed by atoms with van der Waals surface area (Å²) in [5.74, 6) is -0.188. The first-order chi connectivity index (χ1) is 13.8. The molecule has 1 heterocycles. The Kier molecular flexibility index (Phi) is 4.70. The van der Waals surface area contributed by atoms with Gasteiger partial charge in [0.2, 0.25) is 0 Å². The second-order valence-electron chi connectivity index (χ2n) is 6.84. The highest BCUT2D eigenvalue weighted by atomic mass is 19.4. The van der Waals surface area contributed by atoms with Gasteiger partial charge in [0.15, 0.2) is 11.5 Å². The number of hydrogen-bond donors (Lipinski definition) is 1. The fourth-order valence-corrected chi connectivity index (χ4v) is 3.29. The topological polar surface area (TPSA) is 64.0 Å². The summed E-state index contributed by atoms with van der Waals surface area (Å²) in [5, 5.41) is 6.31. The van der Waals surface area contributed by atoms with E-state index in [1.54, 1.807) is 36.4 Å². The number of carbonyl (C=O) groups is 2. The van der Waals surface area contributed by atoms with E-state index in [4.69, 9.17) is 0 Å². The lowest BCUT2D eigenvalue weighted by molar-refractivity contribution is -0.141. The molecule has 0 saturated heterocycles. The number of amides is 1. The number of aryl methyl sites for hydroxylation is 1. The molecule has 2 aromatic carbocycles. The molecule has 8 heteroatoms. The van der Waals surface area contributed by atoms with E-state index in [2.05, 4.69) is 10.4 Å². The number of ketones is 1. The van der Waals surface area contributed by atoms with Crippen LogP contribution < -0.4 is 5.32 Å².